The van der Waals surface area contributed by atoms with Crippen molar-refractivity contribution in [2.24, 2.45) is 0 Å². The summed E-state index contributed by atoms with van der Waals surface area (Å²) in [5, 5.41) is 3.20. The number of anilines is 1. The fourth-order valence-corrected chi connectivity index (χ4v) is 2.81. The second kappa shape index (κ2) is 7.30. The van der Waals surface area contributed by atoms with Crippen molar-refractivity contribution in [2.45, 2.75) is 45.3 Å². The molecule has 2 rings (SSSR count). The Morgan fingerprint density at radius 2 is 2.04 bits per heavy atom. The number of halogens is 1. The Labute approximate surface area is 147 Å². The molecule has 0 aromatic heterocycles. The first-order valence-electron chi connectivity index (χ1n) is 7.85. The lowest BCUT2D eigenvalue weighted by molar-refractivity contribution is -0.120. The molecule has 1 N–H and O–H groups in total. The van der Waals surface area contributed by atoms with E-state index in [0.717, 1.165) is 6.42 Å². The Morgan fingerprint density at radius 3 is 2.62 bits per heavy atom. The molecule has 1 aromatic rings. The van der Waals surface area contributed by atoms with Gasteiger partial charge in [0.1, 0.15) is 17.4 Å². The lowest BCUT2D eigenvalue weighted by atomic mass is 10.2. The van der Waals surface area contributed by atoms with E-state index in [0.29, 0.717) is 29.4 Å². The highest BCUT2D eigenvalue weighted by Crippen LogP contribution is 2.28. The van der Waals surface area contributed by atoms with Gasteiger partial charge in [-0.1, -0.05) is 11.6 Å². The number of hydrogen-bond donors (Lipinski definition) is 1. The number of ether oxygens (including phenoxy) is 2. The SMILES string of the molecule is COc1ccc(NC(=O)C2CCCN2C(=O)OC(C)(C)C)cc1Cl. The molecule has 1 heterocycles. The van der Waals surface area contributed by atoms with Crippen LogP contribution in [0.5, 0.6) is 5.75 Å². The van der Waals surface area contributed by atoms with E-state index in [1.807, 2.05) is 0 Å². The van der Waals surface area contributed by atoms with Crippen LogP contribution in [-0.4, -0.2) is 42.2 Å². The molecule has 0 bridgehead atoms. The first-order chi connectivity index (χ1) is 11.2. The van der Waals surface area contributed by atoms with Crippen molar-refractivity contribution in [2.75, 3.05) is 19.0 Å². The molecule has 1 aliphatic rings. The number of methoxy groups -OCH3 is 1. The largest absolute Gasteiger partial charge is 0.495 e. The fraction of sp³-hybridized carbons (Fsp3) is 0.529. The van der Waals surface area contributed by atoms with Gasteiger partial charge in [0.15, 0.2) is 0 Å². The fourth-order valence-electron chi connectivity index (χ4n) is 2.55. The monoisotopic (exact) mass is 354 g/mol. The molecule has 0 spiro atoms. The molecule has 1 saturated heterocycles. The first kappa shape index (κ1) is 18.4. The van der Waals surface area contributed by atoms with Gasteiger partial charge >= 0.3 is 6.09 Å². The van der Waals surface area contributed by atoms with Crippen molar-refractivity contribution >= 4 is 29.3 Å². The van der Waals surface area contributed by atoms with Crippen molar-refractivity contribution in [3.8, 4) is 5.75 Å². The highest BCUT2D eigenvalue weighted by Gasteiger charge is 2.36. The van der Waals surface area contributed by atoms with E-state index in [9.17, 15) is 9.59 Å². The molecular formula is C17H23ClN2O4. The Hall–Kier alpha value is -1.95. The Kier molecular flexibility index (Phi) is 5.59. The molecule has 0 aliphatic carbocycles. The Bertz CT molecular complexity index is 628. The third-order valence-electron chi connectivity index (χ3n) is 3.60. The van der Waals surface area contributed by atoms with E-state index in [1.54, 1.807) is 39.0 Å². The lowest BCUT2D eigenvalue weighted by Crippen LogP contribution is -2.45. The quantitative estimate of drug-likeness (QED) is 0.898. The number of nitrogens with one attached hydrogen (secondary N) is 1. The molecule has 1 aromatic carbocycles. The van der Waals surface area contributed by atoms with E-state index in [-0.39, 0.29) is 5.91 Å². The molecule has 2 amide bonds. The third-order valence-corrected chi connectivity index (χ3v) is 3.90. The van der Waals surface area contributed by atoms with Crippen LogP contribution >= 0.6 is 11.6 Å². The number of likely N-dealkylation sites (tertiary alicyclic amines) is 1. The van der Waals surface area contributed by atoms with Gasteiger partial charge < -0.3 is 14.8 Å². The van der Waals surface area contributed by atoms with Gasteiger partial charge in [0, 0.05) is 12.2 Å². The van der Waals surface area contributed by atoms with Crippen LogP contribution in [-0.2, 0) is 9.53 Å². The number of rotatable bonds is 3. The number of nitrogens with zero attached hydrogens (tertiary/aromatic N) is 1. The van der Waals surface area contributed by atoms with Gasteiger partial charge in [-0.2, -0.15) is 0 Å². The summed E-state index contributed by atoms with van der Waals surface area (Å²) in [5.41, 5.74) is -0.0358. The molecule has 0 saturated carbocycles. The van der Waals surface area contributed by atoms with Gasteiger partial charge in [-0.25, -0.2) is 4.79 Å². The van der Waals surface area contributed by atoms with Crippen molar-refractivity contribution < 1.29 is 19.1 Å². The average Bonchev–Trinajstić information content (AvgIpc) is 2.95. The summed E-state index contributed by atoms with van der Waals surface area (Å²) >= 11 is 6.06. The lowest BCUT2D eigenvalue weighted by Gasteiger charge is -2.28. The zero-order valence-corrected chi connectivity index (χ0v) is 15.1. The van der Waals surface area contributed by atoms with E-state index in [2.05, 4.69) is 5.32 Å². The van der Waals surface area contributed by atoms with Crippen LogP contribution in [0.1, 0.15) is 33.6 Å². The number of carbonyl (C=O) groups is 2. The third kappa shape index (κ3) is 4.54. The maximum Gasteiger partial charge on any atom is 0.410 e. The number of amides is 2. The predicted octanol–water partition coefficient (Wildman–Crippen LogP) is 3.69. The van der Waals surface area contributed by atoms with Gasteiger partial charge in [-0.3, -0.25) is 9.69 Å². The molecule has 1 atom stereocenters. The zero-order chi connectivity index (χ0) is 17.9. The molecule has 132 valence electrons. The van der Waals surface area contributed by atoms with Crippen molar-refractivity contribution in [1.29, 1.82) is 0 Å². The van der Waals surface area contributed by atoms with Gasteiger partial charge in [-0.05, 0) is 51.8 Å². The number of hydrogen-bond acceptors (Lipinski definition) is 4. The summed E-state index contributed by atoms with van der Waals surface area (Å²) in [7, 11) is 1.52. The second-order valence-electron chi connectivity index (χ2n) is 6.67. The maximum atomic E-state index is 12.5. The topological polar surface area (TPSA) is 67.9 Å². The molecule has 0 radical (unpaired) electrons. The summed E-state index contributed by atoms with van der Waals surface area (Å²) in [6, 6.07) is 4.46. The van der Waals surface area contributed by atoms with Crippen molar-refractivity contribution in [1.82, 2.24) is 4.90 Å². The highest BCUT2D eigenvalue weighted by molar-refractivity contribution is 6.32. The van der Waals surface area contributed by atoms with Crippen LogP contribution in [0.4, 0.5) is 10.5 Å². The molecule has 1 aliphatic heterocycles. The summed E-state index contributed by atoms with van der Waals surface area (Å²) in [6.45, 7) is 5.91. The smallest absolute Gasteiger partial charge is 0.410 e. The van der Waals surface area contributed by atoms with Gasteiger partial charge in [0.25, 0.3) is 0 Å². The van der Waals surface area contributed by atoms with E-state index >= 15 is 0 Å². The summed E-state index contributed by atoms with van der Waals surface area (Å²) in [4.78, 5) is 26.3. The van der Waals surface area contributed by atoms with Crippen molar-refractivity contribution in [3.63, 3.8) is 0 Å². The minimum atomic E-state index is -0.593. The summed E-state index contributed by atoms with van der Waals surface area (Å²) in [6.07, 6.45) is 0.906. The molecule has 1 fully saturated rings. The number of carbonyl (C=O) groups excluding carboxylic acids is 2. The second-order valence-corrected chi connectivity index (χ2v) is 7.08. The predicted molar refractivity (Wildman–Crippen MR) is 92.6 cm³/mol. The minimum absolute atomic E-state index is 0.250. The maximum absolute atomic E-state index is 12.5. The summed E-state index contributed by atoms with van der Waals surface area (Å²) in [5.74, 6) is 0.283. The Balaban J connectivity index is 2.05. The van der Waals surface area contributed by atoms with Crippen LogP contribution in [0.15, 0.2) is 18.2 Å². The van der Waals surface area contributed by atoms with Crippen LogP contribution < -0.4 is 10.1 Å². The summed E-state index contributed by atoms with van der Waals surface area (Å²) < 4.78 is 10.5. The highest BCUT2D eigenvalue weighted by atomic mass is 35.5. The zero-order valence-electron chi connectivity index (χ0n) is 14.4. The minimum Gasteiger partial charge on any atom is -0.495 e. The normalized spacial score (nSPS) is 17.5. The van der Waals surface area contributed by atoms with Crippen molar-refractivity contribution in [3.05, 3.63) is 23.2 Å². The molecule has 1 unspecified atom stereocenters. The standard InChI is InChI=1S/C17H23ClN2O4/c1-17(2,3)24-16(22)20-9-5-6-13(20)15(21)19-11-7-8-14(23-4)12(18)10-11/h7-8,10,13H,5-6,9H2,1-4H3,(H,19,21). The van der Waals surface area contributed by atoms with Crippen LogP contribution in [0.2, 0.25) is 5.02 Å². The van der Waals surface area contributed by atoms with Crippen LogP contribution in [0.25, 0.3) is 0 Å². The van der Waals surface area contributed by atoms with E-state index in [1.165, 1.54) is 12.0 Å². The Morgan fingerprint density at radius 1 is 1.33 bits per heavy atom. The average molecular weight is 355 g/mol. The van der Waals surface area contributed by atoms with Crippen LogP contribution in [0, 0.1) is 0 Å². The molecule has 24 heavy (non-hydrogen) atoms. The van der Waals surface area contributed by atoms with Gasteiger partial charge in [-0.15, -0.1) is 0 Å². The molecular weight excluding hydrogens is 332 g/mol. The molecule has 7 heteroatoms. The first-order valence-corrected chi connectivity index (χ1v) is 8.23. The number of benzene rings is 1. The van der Waals surface area contributed by atoms with E-state index < -0.39 is 17.7 Å². The van der Waals surface area contributed by atoms with Gasteiger partial charge in [0.2, 0.25) is 5.91 Å². The van der Waals surface area contributed by atoms with E-state index in [4.69, 9.17) is 21.1 Å². The molecule has 6 nitrogen and oxygen atoms in total. The van der Waals surface area contributed by atoms with Gasteiger partial charge in [0.05, 0.1) is 12.1 Å². The van der Waals surface area contributed by atoms with Crippen LogP contribution in [0.3, 0.4) is 0 Å².